The van der Waals surface area contributed by atoms with E-state index in [1.807, 2.05) is 209 Å². The van der Waals surface area contributed by atoms with Crippen molar-refractivity contribution in [3.8, 4) is 0 Å². The Hall–Kier alpha value is -8.13. The van der Waals surface area contributed by atoms with Gasteiger partial charge in [-0.25, -0.2) is 39.1 Å². The molecule has 4 aliphatic rings. The normalized spacial score (nSPS) is 17.5. The van der Waals surface area contributed by atoms with Gasteiger partial charge >= 0.3 is 24.4 Å². The summed E-state index contributed by atoms with van der Waals surface area (Å²) in [6.45, 7) is 38.3. The lowest BCUT2D eigenvalue weighted by Gasteiger charge is -2.37. The maximum Gasteiger partial charge on any atom is 0.410 e. The molecule has 4 fully saturated rings. The van der Waals surface area contributed by atoms with Crippen LogP contribution in [-0.2, 0) is 50.0 Å². The fourth-order valence-electron chi connectivity index (χ4n) is 14.4. The van der Waals surface area contributed by atoms with Crippen molar-refractivity contribution >= 4 is 36.0 Å². The summed E-state index contributed by atoms with van der Waals surface area (Å²) in [5.74, 6) is 0. The molecule has 610 valence electrons. The average Bonchev–Trinajstić information content (AvgIpc) is 0.864. The molecule has 4 aliphatic heterocycles. The number of nitrogens with zero attached hydrogens (tertiary/aromatic N) is 12. The molecule has 0 N–H and O–H groups in total. The van der Waals surface area contributed by atoms with E-state index in [1.165, 1.54) is 37.1 Å². The van der Waals surface area contributed by atoms with E-state index in [2.05, 4.69) is 101 Å². The van der Waals surface area contributed by atoms with Crippen molar-refractivity contribution in [3.05, 3.63) is 181 Å². The number of carbonyl (C=O) groups is 4. The second-order valence-corrected chi connectivity index (χ2v) is 34.1. The lowest BCUT2D eigenvalue weighted by molar-refractivity contribution is 0.00749. The van der Waals surface area contributed by atoms with Crippen LogP contribution >= 0.6 is 11.6 Å². The monoisotopic (exact) mass is 1540 g/mol. The van der Waals surface area contributed by atoms with Crippen LogP contribution in [0.1, 0.15) is 266 Å². The van der Waals surface area contributed by atoms with Crippen LogP contribution in [0, 0.1) is 27.7 Å². The van der Waals surface area contributed by atoms with Gasteiger partial charge in [0.05, 0.1) is 36.7 Å². The van der Waals surface area contributed by atoms with E-state index in [0.717, 1.165) is 183 Å². The van der Waals surface area contributed by atoms with E-state index < -0.39 is 27.3 Å². The number of halogens is 1. The second-order valence-electron chi connectivity index (χ2n) is 33.6. The summed E-state index contributed by atoms with van der Waals surface area (Å²) >= 11 is 7.12. The van der Waals surface area contributed by atoms with Crippen LogP contribution in [0.15, 0.2) is 141 Å². The largest absolute Gasteiger partial charge is 0.444 e. The summed E-state index contributed by atoms with van der Waals surface area (Å²) in [6, 6.07) is 31.9. The van der Waals surface area contributed by atoms with Gasteiger partial charge in [0.15, 0.2) is 0 Å². The molecule has 0 radical (unpaired) electrons. The smallest absolute Gasteiger partial charge is 0.410 e. The molecule has 4 saturated heterocycles. The van der Waals surface area contributed by atoms with Crippen LogP contribution in [0.2, 0.25) is 0 Å². The number of alkyl halides is 1. The highest BCUT2D eigenvalue weighted by Crippen LogP contribution is 2.43. The van der Waals surface area contributed by atoms with Crippen LogP contribution < -0.4 is 0 Å². The number of benzene rings is 3. The van der Waals surface area contributed by atoms with Crippen molar-refractivity contribution in [3.63, 3.8) is 0 Å². The van der Waals surface area contributed by atoms with Crippen LogP contribution in [0.25, 0.3) is 0 Å². The third-order valence-corrected chi connectivity index (χ3v) is 20.3. The number of ether oxygens (including phenoxy) is 4. The summed E-state index contributed by atoms with van der Waals surface area (Å²) in [7, 11) is 0. The first-order chi connectivity index (χ1) is 51.2. The van der Waals surface area contributed by atoms with Crippen molar-refractivity contribution < 1.29 is 38.1 Å². The minimum atomic E-state index is -0.649. The SMILES string of the molecule is C.C.Cc1cn(CCCC2CCCCN2C(=O)OC(C)(C)C)cn1.Cc1cn(CCCC2CCCCN2C(=O)OC(C)(C)C)cn1.Cc1cncn1CCCC1CCCCN1C(=O)OC(C)(C)C.Cc1cncn1CCCC1CCCCN1C(=O)OC(C)(C)C.ClC(c1ccccc1)(c1ccccc1)c1ccccc1. The molecule has 4 unspecified atom stereocenters. The predicted octanol–water partition coefficient (Wildman–Crippen LogP) is 21.5. The first-order valence-electron chi connectivity index (χ1n) is 40.0. The maximum absolute atomic E-state index is 12.4. The molecule has 20 nitrogen and oxygen atoms in total. The zero-order chi connectivity index (χ0) is 78.5. The van der Waals surface area contributed by atoms with Crippen molar-refractivity contribution in [1.29, 1.82) is 0 Å². The highest BCUT2D eigenvalue weighted by atomic mass is 35.5. The Morgan fingerprint density at radius 1 is 0.382 bits per heavy atom. The number of amides is 4. The number of carbonyl (C=O) groups excluding carboxylic acids is 4. The standard InChI is InChI=1S/C19H15Cl.4C17H29N3O2.2CH4/c20-19(16-10-4-1-5-11-16,17-12-6-2-7-13-17)18-14-8-3-9-15-18;2*1-14-12-19(13-18-14)10-7-9-15-8-5-6-11-20(15)16(21)22-17(2,3)4;2*1-14-12-18-13-19(14)10-7-9-15-8-5-6-11-20(15)16(21)22-17(2,3)4;;/h1-15H;4*12-13,15H,5-11H2,1-4H3;2*1H4. The molecule has 4 amide bonds. The van der Waals surface area contributed by atoms with Gasteiger partial charge in [-0.05, 0) is 256 Å². The zero-order valence-electron chi connectivity index (χ0n) is 68.4. The fourth-order valence-corrected chi connectivity index (χ4v) is 14.8. The number of piperidine rings is 4. The van der Waals surface area contributed by atoms with Gasteiger partial charge < -0.3 is 56.8 Å². The number of rotatable bonds is 19. The van der Waals surface area contributed by atoms with E-state index in [0.29, 0.717) is 24.2 Å². The van der Waals surface area contributed by atoms with Gasteiger partial charge in [-0.3, -0.25) is 0 Å². The van der Waals surface area contributed by atoms with Gasteiger partial charge in [0, 0.05) is 113 Å². The van der Waals surface area contributed by atoms with Crippen LogP contribution in [0.5, 0.6) is 0 Å². The van der Waals surface area contributed by atoms with E-state index in [-0.39, 0.29) is 39.2 Å². The quantitative estimate of drug-likeness (QED) is 0.0424. The van der Waals surface area contributed by atoms with Crippen molar-refractivity contribution in [2.45, 2.75) is 332 Å². The number of aryl methyl sites for hydroxylation is 8. The van der Waals surface area contributed by atoms with Crippen molar-refractivity contribution in [2.24, 2.45) is 0 Å². The van der Waals surface area contributed by atoms with Crippen LogP contribution in [-0.4, -0.2) is 155 Å². The Kier molecular flexibility index (Phi) is 37.7. The summed E-state index contributed by atoms with van der Waals surface area (Å²) in [4.78, 5) is 73.3. The second kappa shape index (κ2) is 44.8. The summed E-state index contributed by atoms with van der Waals surface area (Å²) < 4.78 is 30.8. The highest BCUT2D eigenvalue weighted by molar-refractivity contribution is 6.28. The minimum Gasteiger partial charge on any atom is -0.444 e. The number of imidazole rings is 4. The molecule has 0 saturated carbocycles. The highest BCUT2D eigenvalue weighted by Gasteiger charge is 2.36. The lowest BCUT2D eigenvalue weighted by Crippen LogP contribution is -2.46. The predicted molar refractivity (Wildman–Crippen MR) is 446 cm³/mol. The van der Waals surface area contributed by atoms with Crippen LogP contribution in [0.3, 0.4) is 0 Å². The maximum atomic E-state index is 12.4. The Balaban J connectivity index is 0.000000245. The van der Waals surface area contributed by atoms with Gasteiger partial charge in [-0.15, -0.1) is 11.6 Å². The topological polar surface area (TPSA) is 189 Å². The summed E-state index contributed by atoms with van der Waals surface area (Å²) in [5.41, 5.74) is 6.03. The first-order valence-corrected chi connectivity index (χ1v) is 40.4. The Labute approximate surface area is 666 Å². The van der Waals surface area contributed by atoms with Gasteiger partial charge in [-0.2, -0.15) is 0 Å². The van der Waals surface area contributed by atoms with E-state index >= 15 is 0 Å². The van der Waals surface area contributed by atoms with E-state index in [1.54, 1.807) is 0 Å². The number of aromatic nitrogens is 8. The van der Waals surface area contributed by atoms with Gasteiger partial charge in [0.2, 0.25) is 0 Å². The molecule has 21 heteroatoms. The van der Waals surface area contributed by atoms with E-state index in [9.17, 15) is 19.2 Å². The zero-order valence-corrected chi connectivity index (χ0v) is 69.2. The molecular formula is C89H139ClN12O8. The molecule has 0 bridgehead atoms. The number of likely N-dealkylation sites (tertiary alicyclic amines) is 4. The Bertz CT molecular complexity index is 3470. The summed E-state index contributed by atoms with van der Waals surface area (Å²) in [5, 5.41) is 0. The number of hydrogen-bond donors (Lipinski definition) is 0. The molecule has 8 heterocycles. The Morgan fingerprint density at radius 3 is 0.855 bits per heavy atom. The van der Waals surface area contributed by atoms with Gasteiger partial charge in [0.25, 0.3) is 0 Å². The molecule has 4 atom stereocenters. The Morgan fingerprint density at radius 2 is 0.636 bits per heavy atom. The molecule has 0 spiro atoms. The average molecular weight is 1540 g/mol. The molecule has 110 heavy (non-hydrogen) atoms. The fraction of sp³-hybridized carbons (Fsp3) is 0.618. The summed E-state index contributed by atoms with van der Waals surface area (Å²) in [6.07, 6.45) is 36.6. The third kappa shape index (κ3) is 31.6. The lowest BCUT2D eigenvalue weighted by atomic mass is 9.84. The minimum absolute atomic E-state index is 0. The third-order valence-electron chi connectivity index (χ3n) is 19.7. The van der Waals surface area contributed by atoms with Gasteiger partial charge in [-0.1, -0.05) is 106 Å². The molecule has 0 aliphatic carbocycles. The van der Waals surface area contributed by atoms with E-state index in [4.69, 9.17) is 30.5 Å². The van der Waals surface area contributed by atoms with Crippen molar-refractivity contribution in [1.82, 2.24) is 57.8 Å². The molecule has 7 aromatic rings. The van der Waals surface area contributed by atoms with Crippen molar-refractivity contribution in [2.75, 3.05) is 26.2 Å². The van der Waals surface area contributed by atoms with Gasteiger partial charge in [0.1, 0.15) is 27.3 Å². The molecule has 3 aromatic carbocycles. The molecular weight excluding hydrogens is 1400 g/mol. The number of hydrogen-bond acceptors (Lipinski definition) is 12. The molecule has 11 rings (SSSR count). The first kappa shape index (κ1) is 92.5. The van der Waals surface area contributed by atoms with Crippen LogP contribution in [0.4, 0.5) is 19.2 Å². The molecule has 4 aromatic heterocycles.